The topological polar surface area (TPSA) is 21.3 Å². The van der Waals surface area contributed by atoms with Gasteiger partial charge in [-0.3, -0.25) is 0 Å². The second-order valence-corrected chi connectivity index (χ2v) is 4.88. The van der Waals surface area contributed by atoms with E-state index in [2.05, 4.69) is 49.5 Å². The van der Waals surface area contributed by atoms with Crippen molar-refractivity contribution in [3.63, 3.8) is 0 Å². The van der Waals surface area contributed by atoms with Gasteiger partial charge in [0, 0.05) is 6.42 Å². The summed E-state index contributed by atoms with van der Waals surface area (Å²) in [4.78, 5) is 0. The minimum atomic E-state index is 0.327. The van der Waals surface area contributed by atoms with Crippen LogP contribution in [0.5, 0.6) is 0 Å². The van der Waals surface area contributed by atoms with Gasteiger partial charge in [0.05, 0.1) is 12.6 Å². The van der Waals surface area contributed by atoms with Crippen LogP contribution in [0.2, 0.25) is 0 Å². The maximum atomic E-state index is 5.72. The molecule has 1 aliphatic rings. The lowest BCUT2D eigenvalue weighted by molar-refractivity contribution is 0.214. The fraction of sp³-hybridized carbons (Fsp3) is 0.500. The van der Waals surface area contributed by atoms with Gasteiger partial charge in [-0.2, -0.15) is 0 Å². The molecule has 0 spiro atoms. The number of hydrogen-bond acceptors (Lipinski definition) is 2. The van der Waals surface area contributed by atoms with E-state index in [9.17, 15) is 0 Å². The molecule has 1 N–H and O–H groups in total. The maximum absolute atomic E-state index is 5.72. The van der Waals surface area contributed by atoms with Gasteiger partial charge in [-0.15, -0.1) is 0 Å². The molecule has 1 aromatic rings. The number of hydrogen-bond donors (Lipinski definition) is 1. The highest BCUT2D eigenvalue weighted by atomic mass is 16.5. The lowest BCUT2D eigenvalue weighted by Crippen LogP contribution is -2.34. The summed E-state index contributed by atoms with van der Waals surface area (Å²) in [5.74, 6) is 1.13. The van der Waals surface area contributed by atoms with E-state index in [0.717, 1.165) is 38.2 Å². The lowest BCUT2D eigenvalue weighted by atomic mass is 10.00. The van der Waals surface area contributed by atoms with Crippen molar-refractivity contribution in [1.82, 2.24) is 5.32 Å². The molecular formula is C16H23NO. The first-order chi connectivity index (χ1) is 8.81. The van der Waals surface area contributed by atoms with Crippen LogP contribution in [0.15, 0.2) is 36.1 Å². The van der Waals surface area contributed by atoms with Crippen LogP contribution in [0.1, 0.15) is 30.9 Å². The second-order valence-electron chi connectivity index (χ2n) is 4.88. The van der Waals surface area contributed by atoms with Crippen LogP contribution in [0.25, 0.3) is 0 Å². The largest absolute Gasteiger partial charge is 0.496 e. The molecule has 1 heterocycles. The molecule has 2 rings (SSSR count). The van der Waals surface area contributed by atoms with Gasteiger partial charge >= 0.3 is 0 Å². The molecule has 0 bridgehead atoms. The molecular weight excluding hydrogens is 222 g/mol. The number of aryl methyl sites for hydroxylation is 1. The first-order valence-corrected chi connectivity index (χ1v) is 6.92. The summed E-state index contributed by atoms with van der Waals surface area (Å²) >= 11 is 0. The van der Waals surface area contributed by atoms with Gasteiger partial charge in [-0.25, -0.2) is 0 Å². The van der Waals surface area contributed by atoms with Gasteiger partial charge in [0.25, 0.3) is 0 Å². The molecule has 0 radical (unpaired) electrons. The quantitative estimate of drug-likeness (QED) is 0.831. The van der Waals surface area contributed by atoms with E-state index in [1.54, 1.807) is 0 Å². The lowest BCUT2D eigenvalue weighted by Gasteiger charge is -2.20. The molecule has 2 nitrogen and oxygen atoms in total. The highest BCUT2D eigenvalue weighted by Gasteiger charge is 2.19. The fourth-order valence-electron chi connectivity index (χ4n) is 2.33. The molecule has 1 aliphatic heterocycles. The Labute approximate surface area is 110 Å². The second kappa shape index (κ2) is 6.60. The average molecular weight is 245 g/mol. The number of rotatable bonds is 6. The van der Waals surface area contributed by atoms with Gasteiger partial charge in [0.1, 0.15) is 5.76 Å². The summed E-state index contributed by atoms with van der Waals surface area (Å²) in [6, 6.07) is 8.93. The molecule has 0 aromatic heterocycles. The zero-order valence-corrected chi connectivity index (χ0v) is 11.4. The Kier molecular flexibility index (Phi) is 4.82. The van der Waals surface area contributed by atoms with Crippen LogP contribution >= 0.6 is 0 Å². The van der Waals surface area contributed by atoms with Crippen LogP contribution in [0.3, 0.4) is 0 Å². The van der Waals surface area contributed by atoms with Crippen LogP contribution in [0.4, 0.5) is 0 Å². The van der Waals surface area contributed by atoms with Gasteiger partial charge in [0.2, 0.25) is 0 Å². The Morgan fingerprint density at radius 3 is 2.83 bits per heavy atom. The van der Waals surface area contributed by atoms with Crippen LogP contribution < -0.4 is 5.32 Å². The molecule has 1 unspecified atom stereocenters. The fourth-order valence-corrected chi connectivity index (χ4v) is 2.33. The van der Waals surface area contributed by atoms with Crippen LogP contribution in [-0.2, 0) is 11.2 Å². The van der Waals surface area contributed by atoms with E-state index < -0.39 is 0 Å². The average Bonchev–Trinajstić information content (AvgIpc) is 2.90. The zero-order chi connectivity index (χ0) is 12.8. The van der Waals surface area contributed by atoms with Crippen LogP contribution in [0, 0.1) is 6.92 Å². The minimum Gasteiger partial charge on any atom is -0.496 e. The summed E-state index contributed by atoms with van der Waals surface area (Å²) in [7, 11) is 0. The summed E-state index contributed by atoms with van der Waals surface area (Å²) in [5, 5.41) is 3.59. The van der Waals surface area contributed by atoms with Crippen LogP contribution in [-0.4, -0.2) is 19.2 Å². The normalized spacial score (nSPS) is 16.2. The minimum absolute atomic E-state index is 0.327. The van der Waals surface area contributed by atoms with Gasteiger partial charge < -0.3 is 10.1 Å². The van der Waals surface area contributed by atoms with Crippen molar-refractivity contribution in [2.24, 2.45) is 0 Å². The number of nitrogens with one attached hydrogen (secondary N) is 1. The Bertz CT molecular complexity index is 411. The third-order valence-corrected chi connectivity index (χ3v) is 3.40. The van der Waals surface area contributed by atoms with E-state index in [0.29, 0.717) is 6.04 Å². The van der Waals surface area contributed by atoms with Crippen molar-refractivity contribution in [3.8, 4) is 0 Å². The maximum Gasteiger partial charge on any atom is 0.109 e. The predicted molar refractivity (Wildman–Crippen MR) is 75.6 cm³/mol. The van der Waals surface area contributed by atoms with Crippen molar-refractivity contribution in [2.75, 3.05) is 13.2 Å². The van der Waals surface area contributed by atoms with E-state index >= 15 is 0 Å². The van der Waals surface area contributed by atoms with E-state index in [1.807, 2.05) is 0 Å². The van der Waals surface area contributed by atoms with Crippen molar-refractivity contribution >= 4 is 0 Å². The van der Waals surface area contributed by atoms with E-state index in [-0.39, 0.29) is 0 Å². The molecule has 1 aromatic carbocycles. The van der Waals surface area contributed by atoms with Crippen molar-refractivity contribution in [3.05, 3.63) is 47.2 Å². The van der Waals surface area contributed by atoms with Crippen molar-refractivity contribution < 1.29 is 4.74 Å². The summed E-state index contributed by atoms with van der Waals surface area (Å²) in [6.07, 6.45) is 5.44. The van der Waals surface area contributed by atoms with Gasteiger partial charge in [-0.1, -0.05) is 31.2 Å². The molecule has 0 saturated heterocycles. The Morgan fingerprint density at radius 1 is 1.33 bits per heavy atom. The summed E-state index contributed by atoms with van der Waals surface area (Å²) in [5.41, 5.74) is 2.77. The zero-order valence-electron chi connectivity index (χ0n) is 11.4. The van der Waals surface area contributed by atoms with E-state index in [1.165, 1.54) is 11.1 Å². The number of benzene rings is 1. The highest BCUT2D eigenvalue weighted by Crippen LogP contribution is 2.19. The Hall–Kier alpha value is -1.28. The molecule has 0 fully saturated rings. The molecule has 2 heteroatoms. The standard InChI is InChI=1S/C16H23NO/c1-3-10-17-15(16-9-6-11-18-16)12-14-8-5-4-7-13(14)2/h4-5,7-9,15,17H,3,6,10-12H2,1-2H3. The van der Waals surface area contributed by atoms with Gasteiger partial charge in [0.15, 0.2) is 0 Å². The Balaban J connectivity index is 2.07. The van der Waals surface area contributed by atoms with Crippen molar-refractivity contribution in [2.45, 2.75) is 39.2 Å². The van der Waals surface area contributed by atoms with E-state index in [4.69, 9.17) is 4.74 Å². The first kappa shape index (κ1) is 13.2. The predicted octanol–water partition coefficient (Wildman–Crippen LogP) is 3.21. The third kappa shape index (κ3) is 3.36. The molecule has 0 saturated carbocycles. The highest BCUT2D eigenvalue weighted by molar-refractivity contribution is 5.28. The smallest absolute Gasteiger partial charge is 0.109 e. The molecule has 98 valence electrons. The molecule has 18 heavy (non-hydrogen) atoms. The third-order valence-electron chi connectivity index (χ3n) is 3.40. The van der Waals surface area contributed by atoms with Gasteiger partial charge in [-0.05, 0) is 43.5 Å². The monoisotopic (exact) mass is 245 g/mol. The molecule has 1 atom stereocenters. The van der Waals surface area contributed by atoms with Crippen molar-refractivity contribution in [1.29, 1.82) is 0 Å². The summed E-state index contributed by atoms with van der Waals surface area (Å²) < 4.78 is 5.72. The number of ether oxygens (including phenoxy) is 1. The summed E-state index contributed by atoms with van der Waals surface area (Å²) in [6.45, 7) is 6.25. The first-order valence-electron chi connectivity index (χ1n) is 6.92. The molecule has 0 aliphatic carbocycles. The Morgan fingerprint density at radius 2 is 2.17 bits per heavy atom. The molecule has 0 amide bonds. The SMILES string of the molecule is CCCNC(Cc1ccccc1C)C1=CCCO1.